The molecule has 1 aromatic rings. The van der Waals surface area contributed by atoms with Crippen LogP contribution in [0.5, 0.6) is 0 Å². The molecule has 5 nitrogen and oxygen atoms in total. The molecule has 0 aromatic carbocycles. The first-order chi connectivity index (χ1) is 6.79. The number of hydrogen-bond donors (Lipinski definition) is 2. The van der Waals surface area contributed by atoms with E-state index in [1.165, 1.54) is 0 Å². The van der Waals surface area contributed by atoms with E-state index in [2.05, 4.69) is 5.32 Å². The molecule has 0 unspecified atom stereocenters. The Morgan fingerprint density at radius 3 is 3.14 bits per heavy atom. The first-order valence-corrected chi connectivity index (χ1v) is 4.38. The van der Waals surface area contributed by atoms with Crippen molar-refractivity contribution in [2.75, 3.05) is 19.8 Å². The van der Waals surface area contributed by atoms with Gasteiger partial charge in [-0.25, -0.2) is 0 Å². The highest BCUT2D eigenvalue weighted by molar-refractivity contribution is 5.74. The van der Waals surface area contributed by atoms with Gasteiger partial charge in [-0.2, -0.15) is 0 Å². The SMILES string of the molecule is NC(=O)COCCNCc1ccco1. The Bertz CT molecular complexity index is 259. The summed E-state index contributed by atoms with van der Waals surface area (Å²) in [5, 5.41) is 3.09. The van der Waals surface area contributed by atoms with Crippen LogP contribution in [0.4, 0.5) is 0 Å². The third-order valence-electron chi connectivity index (χ3n) is 1.55. The van der Waals surface area contributed by atoms with E-state index in [-0.39, 0.29) is 6.61 Å². The average molecular weight is 198 g/mol. The maximum atomic E-state index is 10.3. The predicted octanol–water partition coefficient (Wildman–Crippen LogP) is -0.129. The highest BCUT2D eigenvalue weighted by atomic mass is 16.5. The van der Waals surface area contributed by atoms with Gasteiger partial charge in [0.2, 0.25) is 5.91 Å². The van der Waals surface area contributed by atoms with E-state index in [1.807, 2.05) is 12.1 Å². The highest BCUT2D eigenvalue weighted by Crippen LogP contribution is 1.97. The normalized spacial score (nSPS) is 10.3. The van der Waals surface area contributed by atoms with Gasteiger partial charge in [-0.05, 0) is 12.1 Å². The van der Waals surface area contributed by atoms with Gasteiger partial charge in [0.15, 0.2) is 0 Å². The lowest BCUT2D eigenvalue weighted by molar-refractivity contribution is -0.122. The Labute approximate surface area is 82.2 Å². The summed E-state index contributed by atoms with van der Waals surface area (Å²) in [6.07, 6.45) is 1.63. The minimum atomic E-state index is -0.448. The molecule has 1 heterocycles. The second-order valence-corrected chi connectivity index (χ2v) is 2.78. The van der Waals surface area contributed by atoms with Crippen LogP contribution in [0.25, 0.3) is 0 Å². The Kier molecular flexibility index (Phi) is 4.74. The predicted molar refractivity (Wildman–Crippen MR) is 50.4 cm³/mol. The molecule has 5 heteroatoms. The van der Waals surface area contributed by atoms with Crippen molar-refractivity contribution in [3.8, 4) is 0 Å². The third-order valence-corrected chi connectivity index (χ3v) is 1.55. The molecule has 0 aliphatic heterocycles. The number of amides is 1. The summed E-state index contributed by atoms with van der Waals surface area (Å²) in [6.45, 7) is 1.76. The number of furan rings is 1. The summed E-state index contributed by atoms with van der Waals surface area (Å²) in [7, 11) is 0. The molecule has 0 saturated carbocycles. The molecule has 0 atom stereocenters. The standard InChI is InChI=1S/C9H14N2O3/c10-9(12)7-13-5-3-11-6-8-2-1-4-14-8/h1-2,4,11H,3,5-7H2,(H2,10,12). The number of nitrogens with one attached hydrogen (secondary N) is 1. The van der Waals surface area contributed by atoms with Gasteiger partial charge in [-0.1, -0.05) is 0 Å². The summed E-state index contributed by atoms with van der Waals surface area (Å²) < 4.78 is 10.0. The quantitative estimate of drug-likeness (QED) is 0.598. The molecule has 1 amide bonds. The van der Waals surface area contributed by atoms with Gasteiger partial charge in [0.05, 0.1) is 19.4 Å². The zero-order valence-corrected chi connectivity index (χ0v) is 7.86. The third kappa shape index (κ3) is 4.64. The number of rotatable bonds is 7. The van der Waals surface area contributed by atoms with E-state index < -0.39 is 5.91 Å². The molecule has 1 rings (SSSR count). The number of ether oxygens (including phenoxy) is 1. The Balaban J connectivity index is 1.92. The van der Waals surface area contributed by atoms with Crippen LogP contribution >= 0.6 is 0 Å². The maximum absolute atomic E-state index is 10.3. The van der Waals surface area contributed by atoms with E-state index in [1.54, 1.807) is 6.26 Å². The molecule has 0 bridgehead atoms. The molecule has 0 fully saturated rings. The van der Waals surface area contributed by atoms with Crippen molar-refractivity contribution in [2.24, 2.45) is 5.73 Å². The van der Waals surface area contributed by atoms with Crippen LogP contribution in [0.2, 0.25) is 0 Å². The Hall–Kier alpha value is -1.33. The van der Waals surface area contributed by atoms with Gasteiger partial charge >= 0.3 is 0 Å². The van der Waals surface area contributed by atoms with E-state index in [0.717, 1.165) is 5.76 Å². The Morgan fingerprint density at radius 1 is 1.64 bits per heavy atom. The van der Waals surface area contributed by atoms with Crippen molar-refractivity contribution in [3.63, 3.8) is 0 Å². The molecule has 78 valence electrons. The average Bonchev–Trinajstić information content (AvgIpc) is 2.63. The van der Waals surface area contributed by atoms with Gasteiger partial charge < -0.3 is 20.2 Å². The van der Waals surface area contributed by atoms with Crippen molar-refractivity contribution in [3.05, 3.63) is 24.2 Å². The van der Waals surface area contributed by atoms with Crippen LogP contribution in [0.3, 0.4) is 0 Å². The van der Waals surface area contributed by atoms with Gasteiger partial charge in [0.25, 0.3) is 0 Å². The number of primary amides is 1. The first kappa shape index (κ1) is 10.7. The van der Waals surface area contributed by atoms with E-state index in [4.69, 9.17) is 14.9 Å². The summed E-state index contributed by atoms with van der Waals surface area (Å²) in [6, 6.07) is 3.72. The fourth-order valence-electron chi connectivity index (χ4n) is 0.942. The van der Waals surface area contributed by atoms with Gasteiger partial charge in [0.1, 0.15) is 12.4 Å². The number of carbonyl (C=O) groups excluding carboxylic acids is 1. The second-order valence-electron chi connectivity index (χ2n) is 2.78. The van der Waals surface area contributed by atoms with Crippen LogP contribution in [0.15, 0.2) is 22.8 Å². The van der Waals surface area contributed by atoms with Crippen LogP contribution in [0, 0.1) is 0 Å². The molecule has 0 spiro atoms. The number of hydrogen-bond acceptors (Lipinski definition) is 4. The molecule has 0 aliphatic rings. The van der Waals surface area contributed by atoms with Crippen LogP contribution in [0.1, 0.15) is 5.76 Å². The van der Waals surface area contributed by atoms with Crippen LogP contribution in [-0.4, -0.2) is 25.7 Å². The molecule has 0 radical (unpaired) electrons. The maximum Gasteiger partial charge on any atom is 0.243 e. The van der Waals surface area contributed by atoms with Gasteiger partial charge in [-0.3, -0.25) is 4.79 Å². The summed E-state index contributed by atoms with van der Waals surface area (Å²) in [4.78, 5) is 10.3. The van der Waals surface area contributed by atoms with Crippen LogP contribution < -0.4 is 11.1 Å². The lowest BCUT2D eigenvalue weighted by Crippen LogP contribution is -2.23. The molecule has 0 aliphatic carbocycles. The lowest BCUT2D eigenvalue weighted by atomic mass is 10.4. The number of carbonyl (C=O) groups is 1. The zero-order chi connectivity index (χ0) is 10.2. The minimum absolute atomic E-state index is 0.0254. The summed E-state index contributed by atoms with van der Waals surface area (Å²) in [5.41, 5.74) is 4.89. The summed E-state index contributed by atoms with van der Waals surface area (Å²) in [5.74, 6) is 0.427. The topological polar surface area (TPSA) is 77.5 Å². The first-order valence-electron chi connectivity index (χ1n) is 4.38. The zero-order valence-electron chi connectivity index (χ0n) is 7.86. The Morgan fingerprint density at radius 2 is 2.50 bits per heavy atom. The smallest absolute Gasteiger partial charge is 0.243 e. The monoisotopic (exact) mass is 198 g/mol. The molecular weight excluding hydrogens is 184 g/mol. The van der Waals surface area contributed by atoms with E-state index in [9.17, 15) is 4.79 Å². The van der Waals surface area contributed by atoms with Crippen molar-refractivity contribution in [2.45, 2.75) is 6.54 Å². The van der Waals surface area contributed by atoms with Gasteiger partial charge in [0, 0.05) is 6.54 Å². The lowest BCUT2D eigenvalue weighted by Gasteiger charge is -2.02. The molecule has 1 aromatic heterocycles. The largest absolute Gasteiger partial charge is 0.468 e. The van der Waals surface area contributed by atoms with Crippen LogP contribution in [-0.2, 0) is 16.1 Å². The second kappa shape index (κ2) is 6.17. The van der Waals surface area contributed by atoms with Crippen molar-refractivity contribution < 1.29 is 13.9 Å². The van der Waals surface area contributed by atoms with Gasteiger partial charge in [-0.15, -0.1) is 0 Å². The molecule has 3 N–H and O–H groups in total. The highest BCUT2D eigenvalue weighted by Gasteiger charge is 1.95. The fraction of sp³-hybridized carbons (Fsp3) is 0.444. The van der Waals surface area contributed by atoms with E-state index >= 15 is 0 Å². The molecular formula is C9H14N2O3. The number of nitrogens with two attached hydrogens (primary N) is 1. The van der Waals surface area contributed by atoms with Crippen molar-refractivity contribution in [1.29, 1.82) is 0 Å². The van der Waals surface area contributed by atoms with E-state index in [0.29, 0.717) is 19.7 Å². The summed E-state index contributed by atoms with van der Waals surface area (Å²) >= 11 is 0. The molecule has 0 saturated heterocycles. The minimum Gasteiger partial charge on any atom is -0.468 e. The molecule has 14 heavy (non-hydrogen) atoms. The van der Waals surface area contributed by atoms with Crippen molar-refractivity contribution >= 4 is 5.91 Å². The fourth-order valence-corrected chi connectivity index (χ4v) is 0.942. The van der Waals surface area contributed by atoms with Crippen molar-refractivity contribution in [1.82, 2.24) is 5.32 Å².